The molecule has 0 bridgehead atoms. The standard InChI is InChI=1S/C11H14N4O2S3/c1-5-9(19-7(3)12-5)6(2)13-10-14-15-11(20-10)18-4-8(16)17/h6H,4H2,1-3H3,(H,13,14)(H,16,17). The molecule has 2 rings (SSSR count). The molecule has 0 saturated heterocycles. The lowest BCUT2D eigenvalue weighted by Gasteiger charge is -2.10. The number of hydrogen-bond donors (Lipinski definition) is 2. The van der Waals surface area contributed by atoms with Gasteiger partial charge in [-0.3, -0.25) is 4.79 Å². The molecule has 0 aliphatic rings. The second-order valence-electron chi connectivity index (χ2n) is 4.10. The molecular weight excluding hydrogens is 316 g/mol. The second kappa shape index (κ2) is 6.51. The van der Waals surface area contributed by atoms with Crippen molar-refractivity contribution in [3.05, 3.63) is 15.6 Å². The monoisotopic (exact) mass is 330 g/mol. The van der Waals surface area contributed by atoms with E-state index in [1.165, 1.54) is 28.0 Å². The third-order valence-corrected chi connectivity index (χ3v) is 5.63. The topological polar surface area (TPSA) is 88.0 Å². The van der Waals surface area contributed by atoms with Crippen LogP contribution in [-0.2, 0) is 4.79 Å². The molecule has 0 radical (unpaired) electrons. The Bertz CT molecular complexity index is 611. The lowest BCUT2D eigenvalue weighted by Crippen LogP contribution is -2.05. The molecule has 0 aliphatic carbocycles. The van der Waals surface area contributed by atoms with Crippen LogP contribution in [0.5, 0.6) is 0 Å². The first kappa shape index (κ1) is 15.2. The average Bonchev–Trinajstić information content (AvgIpc) is 2.93. The molecule has 9 heteroatoms. The molecule has 1 atom stereocenters. The summed E-state index contributed by atoms with van der Waals surface area (Å²) in [4.78, 5) is 16.1. The Kier molecular flexibility index (Phi) is 4.95. The molecule has 2 aromatic heterocycles. The molecule has 2 aromatic rings. The van der Waals surface area contributed by atoms with Gasteiger partial charge in [0.25, 0.3) is 0 Å². The summed E-state index contributed by atoms with van der Waals surface area (Å²) in [5.74, 6) is -0.860. The number of hydrogen-bond acceptors (Lipinski definition) is 8. The van der Waals surface area contributed by atoms with E-state index in [4.69, 9.17) is 5.11 Å². The van der Waals surface area contributed by atoms with E-state index in [1.54, 1.807) is 11.3 Å². The van der Waals surface area contributed by atoms with Crippen LogP contribution in [0, 0.1) is 13.8 Å². The number of rotatable bonds is 6. The van der Waals surface area contributed by atoms with Gasteiger partial charge in [-0.25, -0.2) is 4.98 Å². The predicted octanol–water partition coefficient (Wildman–Crippen LogP) is 2.96. The summed E-state index contributed by atoms with van der Waals surface area (Å²) in [6.07, 6.45) is 0. The van der Waals surface area contributed by atoms with E-state index in [0.717, 1.165) is 10.7 Å². The fourth-order valence-corrected chi connectivity index (χ4v) is 4.14. The lowest BCUT2D eigenvalue weighted by atomic mass is 10.2. The lowest BCUT2D eigenvalue weighted by molar-refractivity contribution is -0.133. The maximum atomic E-state index is 10.5. The molecule has 0 aliphatic heterocycles. The third-order valence-electron chi connectivity index (χ3n) is 2.40. The molecular formula is C11H14N4O2S3. The first-order chi connectivity index (χ1) is 9.45. The number of carbonyl (C=O) groups is 1. The van der Waals surface area contributed by atoms with Gasteiger partial charge < -0.3 is 10.4 Å². The summed E-state index contributed by atoms with van der Waals surface area (Å²) < 4.78 is 0.652. The van der Waals surface area contributed by atoms with Gasteiger partial charge >= 0.3 is 5.97 Å². The number of nitrogens with one attached hydrogen (secondary N) is 1. The highest BCUT2D eigenvalue weighted by molar-refractivity contribution is 8.01. The van der Waals surface area contributed by atoms with Crippen LogP contribution in [0.25, 0.3) is 0 Å². The Morgan fingerprint density at radius 3 is 2.75 bits per heavy atom. The van der Waals surface area contributed by atoms with Crippen molar-refractivity contribution >= 4 is 45.5 Å². The Balaban J connectivity index is 1.99. The fourth-order valence-electron chi connectivity index (χ4n) is 1.65. The van der Waals surface area contributed by atoms with Gasteiger partial charge in [0.2, 0.25) is 5.13 Å². The SMILES string of the molecule is Cc1nc(C)c(C(C)Nc2nnc(SCC(=O)O)s2)s1. The van der Waals surface area contributed by atoms with E-state index >= 15 is 0 Å². The van der Waals surface area contributed by atoms with Gasteiger partial charge in [0.1, 0.15) is 0 Å². The van der Waals surface area contributed by atoms with Crippen LogP contribution >= 0.6 is 34.4 Å². The maximum absolute atomic E-state index is 10.5. The highest BCUT2D eigenvalue weighted by atomic mass is 32.2. The maximum Gasteiger partial charge on any atom is 0.313 e. The molecule has 0 saturated carbocycles. The number of nitrogens with zero attached hydrogens (tertiary/aromatic N) is 3. The van der Waals surface area contributed by atoms with Gasteiger partial charge in [0.05, 0.1) is 22.5 Å². The summed E-state index contributed by atoms with van der Waals surface area (Å²) in [6, 6.07) is 0.103. The van der Waals surface area contributed by atoms with E-state index < -0.39 is 5.97 Å². The second-order valence-corrected chi connectivity index (χ2v) is 7.54. The molecule has 20 heavy (non-hydrogen) atoms. The first-order valence-electron chi connectivity index (χ1n) is 5.84. The molecule has 1 unspecified atom stereocenters. The Morgan fingerprint density at radius 1 is 1.40 bits per heavy atom. The first-order valence-corrected chi connectivity index (χ1v) is 8.46. The number of aromatic nitrogens is 3. The number of aliphatic carboxylic acids is 1. The molecule has 0 amide bonds. The number of carboxylic acid groups (broad SMARTS) is 1. The zero-order valence-corrected chi connectivity index (χ0v) is 13.7. The largest absolute Gasteiger partial charge is 0.481 e. The van der Waals surface area contributed by atoms with Crippen LogP contribution in [-0.4, -0.2) is 32.0 Å². The quantitative estimate of drug-likeness (QED) is 0.787. The van der Waals surface area contributed by atoms with Crippen molar-refractivity contribution in [3.8, 4) is 0 Å². The van der Waals surface area contributed by atoms with Crippen molar-refractivity contribution in [3.63, 3.8) is 0 Å². The molecule has 0 spiro atoms. The number of thiazole rings is 1. The average molecular weight is 330 g/mol. The van der Waals surface area contributed by atoms with Crippen molar-refractivity contribution in [1.29, 1.82) is 0 Å². The van der Waals surface area contributed by atoms with Crippen LogP contribution in [0.2, 0.25) is 0 Å². The fraction of sp³-hybridized carbons (Fsp3) is 0.455. The van der Waals surface area contributed by atoms with Crippen molar-refractivity contribution < 1.29 is 9.90 Å². The predicted molar refractivity (Wildman–Crippen MR) is 81.9 cm³/mol. The smallest absolute Gasteiger partial charge is 0.313 e. The Morgan fingerprint density at radius 2 is 2.15 bits per heavy atom. The van der Waals surface area contributed by atoms with Crippen molar-refractivity contribution in [2.75, 3.05) is 11.1 Å². The molecule has 6 nitrogen and oxygen atoms in total. The number of carboxylic acids is 1. The van der Waals surface area contributed by atoms with Gasteiger partial charge in [0.15, 0.2) is 4.34 Å². The van der Waals surface area contributed by atoms with Crippen LogP contribution in [0.15, 0.2) is 4.34 Å². The van der Waals surface area contributed by atoms with Gasteiger partial charge in [-0.15, -0.1) is 21.5 Å². The molecule has 0 aromatic carbocycles. The van der Waals surface area contributed by atoms with Crippen LogP contribution < -0.4 is 5.32 Å². The van der Waals surface area contributed by atoms with E-state index in [2.05, 4.69) is 20.5 Å². The summed E-state index contributed by atoms with van der Waals surface area (Å²) in [7, 11) is 0. The minimum Gasteiger partial charge on any atom is -0.481 e. The van der Waals surface area contributed by atoms with Gasteiger partial charge in [0, 0.05) is 4.88 Å². The minimum absolute atomic E-state index is 0.00264. The normalized spacial score (nSPS) is 12.3. The highest BCUT2D eigenvalue weighted by Crippen LogP contribution is 2.30. The summed E-state index contributed by atoms with van der Waals surface area (Å²) in [5, 5.41) is 21.6. The van der Waals surface area contributed by atoms with Gasteiger partial charge in [-0.05, 0) is 20.8 Å². The third kappa shape index (κ3) is 3.90. The molecule has 2 N–H and O–H groups in total. The van der Waals surface area contributed by atoms with E-state index in [1.807, 2.05) is 20.8 Å². The minimum atomic E-state index is -0.858. The van der Waals surface area contributed by atoms with Crippen molar-refractivity contribution in [2.45, 2.75) is 31.2 Å². The Labute approximate surface area is 128 Å². The zero-order chi connectivity index (χ0) is 14.7. The van der Waals surface area contributed by atoms with E-state index in [9.17, 15) is 4.79 Å². The van der Waals surface area contributed by atoms with Crippen LogP contribution in [0.1, 0.15) is 28.5 Å². The molecule has 108 valence electrons. The number of thioether (sulfide) groups is 1. The summed E-state index contributed by atoms with van der Waals surface area (Å²) >= 11 is 4.20. The van der Waals surface area contributed by atoms with Crippen LogP contribution in [0.4, 0.5) is 5.13 Å². The number of anilines is 1. The number of aryl methyl sites for hydroxylation is 2. The van der Waals surface area contributed by atoms with Crippen LogP contribution in [0.3, 0.4) is 0 Å². The Hall–Kier alpha value is -1.19. The molecule has 2 heterocycles. The van der Waals surface area contributed by atoms with Crippen molar-refractivity contribution in [2.24, 2.45) is 0 Å². The van der Waals surface area contributed by atoms with Crippen molar-refractivity contribution in [1.82, 2.24) is 15.2 Å². The summed E-state index contributed by atoms with van der Waals surface area (Å²) in [6.45, 7) is 6.02. The molecule has 0 fully saturated rings. The van der Waals surface area contributed by atoms with Gasteiger partial charge in [-0.1, -0.05) is 23.1 Å². The highest BCUT2D eigenvalue weighted by Gasteiger charge is 2.15. The zero-order valence-electron chi connectivity index (χ0n) is 11.2. The van der Waals surface area contributed by atoms with Gasteiger partial charge in [-0.2, -0.15) is 0 Å². The van der Waals surface area contributed by atoms with E-state index in [0.29, 0.717) is 9.47 Å². The summed E-state index contributed by atoms with van der Waals surface area (Å²) in [5.41, 5.74) is 1.03. The van der Waals surface area contributed by atoms with E-state index in [-0.39, 0.29) is 11.8 Å².